The van der Waals surface area contributed by atoms with E-state index in [1.807, 2.05) is 4.90 Å². The van der Waals surface area contributed by atoms with Gasteiger partial charge in [-0.25, -0.2) is 23.2 Å². The first-order chi connectivity index (χ1) is 21.5. The number of aromatic carboxylic acids is 1. The van der Waals surface area contributed by atoms with Gasteiger partial charge >= 0.3 is 12.1 Å². The summed E-state index contributed by atoms with van der Waals surface area (Å²) in [5.41, 5.74) is -1.80. The van der Waals surface area contributed by atoms with Crippen LogP contribution in [0.4, 0.5) is 22.0 Å². The average molecular weight is 627 g/mol. The molecule has 1 saturated carbocycles. The van der Waals surface area contributed by atoms with Crippen LogP contribution in [0, 0.1) is 17.6 Å². The van der Waals surface area contributed by atoms with Gasteiger partial charge in [-0.2, -0.15) is 18.3 Å². The Morgan fingerprint density at radius 2 is 1.64 bits per heavy atom. The van der Waals surface area contributed by atoms with Crippen molar-refractivity contribution in [2.24, 2.45) is 5.92 Å². The van der Waals surface area contributed by atoms with Gasteiger partial charge in [0.05, 0.1) is 17.5 Å². The number of hydrogen-bond acceptors (Lipinski definition) is 5. The fourth-order valence-corrected chi connectivity index (χ4v) is 5.61. The van der Waals surface area contributed by atoms with E-state index in [2.05, 4.69) is 10.1 Å². The Labute approximate surface area is 254 Å². The topological polar surface area (TPSA) is 97.5 Å². The second kappa shape index (κ2) is 11.9. The Hall–Kier alpha value is -4.81. The Kier molecular flexibility index (Phi) is 8.02. The number of hydrogen-bond donors (Lipinski definition) is 1. The number of likely N-dealkylation sites (tertiary alicyclic amines) is 1. The Balaban J connectivity index is 1.20. The predicted molar refractivity (Wildman–Crippen MR) is 151 cm³/mol. The Bertz CT molecular complexity index is 1740. The van der Waals surface area contributed by atoms with Gasteiger partial charge in [0.15, 0.2) is 11.5 Å². The summed E-state index contributed by atoms with van der Waals surface area (Å²) in [5.74, 6) is -3.24. The van der Waals surface area contributed by atoms with Crippen LogP contribution in [0.25, 0.3) is 17.1 Å². The zero-order valence-corrected chi connectivity index (χ0v) is 23.7. The number of carbonyl (C=O) groups is 2. The minimum absolute atomic E-state index is 0.0782. The standard InChI is InChI=1S/C32H27F5N4O4/c33-24-14-20(18-10-12-40(13-11-18)30(42)19-8-9-19)15-25(34)23(24)17-45-27-6-2-1-4-21(27)26-5-3-7-28(39-26)41-29(32(35,36)37)22(16-38-41)31(43)44/h1-7,14-16,18-19H,8-13,17H2,(H,43,44). The summed E-state index contributed by atoms with van der Waals surface area (Å²) in [6.45, 7) is 0.639. The maximum absolute atomic E-state index is 15.2. The van der Waals surface area contributed by atoms with Gasteiger partial charge in [0, 0.05) is 24.6 Å². The third kappa shape index (κ3) is 6.24. The first-order valence-electron chi connectivity index (χ1n) is 14.4. The maximum Gasteiger partial charge on any atom is 0.434 e. The molecule has 45 heavy (non-hydrogen) atoms. The van der Waals surface area contributed by atoms with E-state index in [4.69, 9.17) is 4.74 Å². The molecule has 13 heteroatoms. The van der Waals surface area contributed by atoms with Crippen LogP contribution in [0.5, 0.6) is 5.75 Å². The van der Waals surface area contributed by atoms with E-state index < -0.39 is 41.6 Å². The summed E-state index contributed by atoms with van der Waals surface area (Å²) in [6, 6.07) is 13.1. The smallest absolute Gasteiger partial charge is 0.434 e. The van der Waals surface area contributed by atoms with Gasteiger partial charge in [0.25, 0.3) is 0 Å². The second-order valence-electron chi connectivity index (χ2n) is 11.1. The van der Waals surface area contributed by atoms with E-state index in [0.29, 0.717) is 47.9 Å². The van der Waals surface area contributed by atoms with Crippen LogP contribution in [0.2, 0.25) is 0 Å². The lowest BCUT2D eigenvalue weighted by molar-refractivity contribution is -0.143. The highest BCUT2D eigenvalue weighted by Crippen LogP contribution is 2.37. The number of pyridine rings is 1. The average Bonchev–Trinajstić information content (AvgIpc) is 3.76. The highest BCUT2D eigenvalue weighted by atomic mass is 19.4. The number of aromatic nitrogens is 3. The number of nitrogens with zero attached hydrogens (tertiary/aromatic N) is 4. The lowest BCUT2D eigenvalue weighted by Crippen LogP contribution is -2.38. The molecule has 0 spiro atoms. The van der Waals surface area contributed by atoms with E-state index in [0.717, 1.165) is 12.8 Å². The molecule has 2 aliphatic rings. The van der Waals surface area contributed by atoms with Crippen LogP contribution in [0.1, 0.15) is 58.8 Å². The van der Waals surface area contributed by atoms with Crippen LogP contribution >= 0.6 is 0 Å². The fraction of sp³-hybridized carbons (Fsp3) is 0.312. The van der Waals surface area contributed by atoms with Crippen molar-refractivity contribution < 1.29 is 41.4 Å². The Morgan fingerprint density at radius 1 is 0.956 bits per heavy atom. The second-order valence-corrected chi connectivity index (χ2v) is 11.1. The lowest BCUT2D eigenvalue weighted by atomic mass is 9.88. The number of carboxylic acids is 1. The molecule has 0 bridgehead atoms. The van der Waals surface area contributed by atoms with Crippen molar-refractivity contribution in [2.75, 3.05) is 13.1 Å². The van der Waals surface area contributed by atoms with Crippen molar-refractivity contribution in [2.45, 2.75) is 44.4 Å². The summed E-state index contributed by atoms with van der Waals surface area (Å²) in [4.78, 5) is 29.8. The summed E-state index contributed by atoms with van der Waals surface area (Å²) < 4.78 is 77.9. The van der Waals surface area contributed by atoms with E-state index in [9.17, 15) is 27.9 Å². The highest BCUT2D eigenvalue weighted by Gasteiger charge is 2.41. The molecule has 4 aromatic rings. The van der Waals surface area contributed by atoms with Crippen LogP contribution in [0.3, 0.4) is 0 Å². The zero-order chi connectivity index (χ0) is 31.9. The number of para-hydroxylation sites is 1. The van der Waals surface area contributed by atoms with Crippen LogP contribution in [0.15, 0.2) is 60.8 Å². The molecule has 1 N–H and O–H groups in total. The van der Waals surface area contributed by atoms with Gasteiger partial charge in [0.1, 0.15) is 29.6 Å². The van der Waals surface area contributed by atoms with E-state index in [-0.39, 0.29) is 40.6 Å². The third-order valence-corrected chi connectivity index (χ3v) is 8.12. The molecule has 1 amide bonds. The summed E-state index contributed by atoms with van der Waals surface area (Å²) >= 11 is 0. The summed E-state index contributed by atoms with van der Waals surface area (Å²) in [5, 5.41) is 12.8. The number of ether oxygens (including phenoxy) is 1. The van der Waals surface area contributed by atoms with Crippen molar-refractivity contribution in [1.82, 2.24) is 19.7 Å². The maximum atomic E-state index is 15.2. The molecular weight excluding hydrogens is 599 g/mol. The molecule has 2 aromatic heterocycles. The minimum Gasteiger partial charge on any atom is -0.488 e. The predicted octanol–water partition coefficient (Wildman–Crippen LogP) is 6.62. The van der Waals surface area contributed by atoms with Crippen molar-refractivity contribution in [1.29, 1.82) is 0 Å². The molecule has 3 heterocycles. The number of benzene rings is 2. The largest absolute Gasteiger partial charge is 0.488 e. The normalized spacial score (nSPS) is 15.7. The van der Waals surface area contributed by atoms with Crippen molar-refractivity contribution in [3.8, 4) is 22.8 Å². The monoisotopic (exact) mass is 626 g/mol. The van der Waals surface area contributed by atoms with Crippen molar-refractivity contribution in [3.63, 3.8) is 0 Å². The molecule has 2 fully saturated rings. The number of piperidine rings is 1. The van der Waals surface area contributed by atoms with Crippen LogP contribution in [-0.4, -0.2) is 49.7 Å². The quantitative estimate of drug-likeness (QED) is 0.221. The van der Waals surface area contributed by atoms with Gasteiger partial charge in [0.2, 0.25) is 5.91 Å². The molecular formula is C32H27F5N4O4. The zero-order valence-electron chi connectivity index (χ0n) is 23.7. The molecule has 1 saturated heterocycles. The Morgan fingerprint density at radius 3 is 2.29 bits per heavy atom. The summed E-state index contributed by atoms with van der Waals surface area (Å²) in [7, 11) is 0. The number of rotatable bonds is 8. The third-order valence-electron chi connectivity index (χ3n) is 8.12. The molecule has 234 valence electrons. The fourth-order valence-electron chi connectivity index (χ4n) is 5.61. The van der Waals surface area contributed by atoms with Crippen molar-refractivity contribution in [3.05, 3.63) is 94.8 Å². The number of alkyl halides is 3. The lowest BCUT2D eigenvalue weighted by Gasteiger charge is -2.32. The molecule has 2 aromatic carbocycles. The van der Waals surface area contributed by atoms with Gasteiger partial charge in [-0.3, -0.25) is 4.79 Å². The first kappa shape index (κ1) is 30.2. The molecule has 8 nitrogen and oxygen atoms in total. The van der Waals surface area contributed by atoms with Gasteiger partial charge < -0.3 is 14.7 Å². The van der Waals surface area contributed by atoms with Gasteiger partial charge in [-0.05, 0) is 73.6 Å². The number of halogens is 5. The number of carboxylic acid groups (broad SMARTS) is 1. The number of amides is 1. The van der Waals surface area contributed by atoms with Crippen LogP contribution < -0.4 is 4.74 Å². The molecule has 0 atom stereocenters. The van der Waals surface area contributed by atoms with Gasteiger partial charge in [-0.1, -0.05) is 18.2 Å². The van der Waals surface area contributed by atoms with Crippen molar-refractivity contribution >= 4 is 11.9 Å². The summed E-state index contributed by atoms with van der Waals surface area (Å²) in [6.07, 6.45) is -1.34. The highest BCUT2D eigenvalue weighted by molar-refractivity contribution is 5.89. The minimum atomic E-state index is -5.03. The molecule has 0 radical (unpaired) electrons. The first-order valence-corrected chi connectivity index (χ1v) is 14.4. The van der Waals surface area contributed by atoms with E-state index in [1.165, 1.54) is 36.4 Å². The van der Waals surface area contributed by atoms with Gasteiger partial charge in [-0.15, -0.1) is 0 Å². The van der Waals surface area contributed by atoms with Crippen LogP contribution in [-0.2, 0) is 17.6 Å². The molecule has 6 rings (SSSR count). The molecule has 0 unspecified atom stereocenters. The van der Waals surface area contributed by atoms with E-state index >= 15 is 8.78 Å². The van der Waals surface area contributed by atoms with E-state index in [1.54, 1.807) is 18.2 Å². The molecule has 1 aliphatic heterocycles. The number of carbonyl (C=O) groups excluding carboxylic acids is 1. The SMILES string of the molecule is O=C(O)c1cnn(-c2cccc(-c3ccccc3OCc3c(F)cc(C4CCN(C(=O)C5CC5)CC4)cc3F)n2)c1C(F)(F)F. The molecule has 1 aliphatic carbocycles.